The van der Waals surface area contributed by atoms with E-state index in [1.807, 2.05) is 52.0 Å². The monoisotopic (exact) mass is 288 g/mol. The molecule has 2 unspecified atom stereocenters. The van der Waals surface area contributed by atoms with Gasteiger partial charge in [0.15, 0.2) is 0 Å². The summed E-state index contributed by atoms with van der Waals surface area (Å²) in [6, 6.07) is 7.33. The number of carbonyl (C=O) groups is 2. The van der Waals surface area contributed by atoms with Crippen molar-refractivity contribution in [3.63, 3.8) is 0 Å². The molecule has 0 saturated carbocycles. The Morgan fingerprint density at radius 2 is 1.81 bits per heavy atom. The molecule has 1 aliphatic heterocycles. The lowest BCUT2D eigenvalue weighted by Gasteiger charge is -2.40. The predicted molar refractivity (Wildman–Crippen MR) is 82.6 cm³/mol. The van der Waals surface area contributed by atoms with Gasteiger partial charge in [-0.25, -0.2) is 0 Å². The molecule has 0 aliphatic carbocycles. The normalized spacial score (nSPS) is 22.6. The van der Waals surface area contributed by atoms with Crippen molar-refractivity contribution in [1.82, 2.24) is 10.2 Å². The smallest absolute Gasteiger partial charge is 0.246 e. The van der Waals surface area contributed by atoms with Gasteiger partial charge in [0.25, 0.3) is 0 Å². The van der Waals surface area contributed by atoms with Crippen LogP contribution in [-0.2, 0) is 16.1 Å². The highest BCUT2D eigenvalue weighted by molar-refractivity contribution is 5.97. The van der Waals surface area contributed by atoms with E-state index in [0.717, 1.165) is 5.56 Å². The number of hydrogen-bond acceptors (Lipinski definition) is 2. The summed E-state index contributed by atoms with van der Waals surface area (Å²) in [4.78, 5) is 26.6. The van der Waals surface area contributed by atoms with Crippen LogP contribution in [-0.4, -0.2) is 28.8 Å². The van der Waals surface area contributed by atoms with Crippen LogP contribution in [0, 0.1) is 12.8 Å². The molecule has 0 radical (unpaired) electrons. The number of hydrogen-bond donors (Lipinski definition) is 1. The number of carbonyl (C=O) groups excluding carboxylic acids is 2. The third-order valence-corrected chi connectivity index (χ3v) is 4.05. The average molecular weight is 288 g/mol. The molecule has 1 aromatic carbocycles. The van der Waals surface area contributed by atoms with Crippen LogP contribution in [0.25, 0.3) is 0 Å². The number of benzene rings is 1. The van der Waals surface area contributed by atoms with Crippen LogP contribution < -0.4 is 5.32 Å². The van der Waals surface area contributed by atoms with E-state index >= 15 is 0 Å². The van der Waals surface area contributed by atoms with Gasteiger partial charge in [0.05, 0.1) is 0 Å². The Balaban J connectivity index is 2.25. The lowest BCUT2D eigenvalue weighted by molar-refractivity contribution is -0.151. The maximum absolute atomic E-state index is 12.7. The summed E-state index contributed by atoms with van der Waals surface area (Å²) in [7, 11) is 0. The van der Waals surface area contributed by atoms with Gasteiger partial charge in [-0.05, 0) is 24.8 Å². The van der Waals surface area contributed by atoms with Gasteiger partial charge in [0.2, 0.25) is 11.8 Å². The Morgan fingerprint density at radius 1 is 1.19 bits per heavy atom. The summed E-state index contributed by atoms with van der Waals surface area (Å²) in [5.41, 5.74) is 2.25. The first-order valence-electron chi connectivity index (χ1n) is 7.60. The van der Waals surface area contributed by atoms with Crippen LogP contribution in [0.2, 0.25) is 0 Å². The highest BCUT2D eigenvalue weighted by Gasteiger charge is 2.40. The van der Waals surface area contributed by atoms with Crippen LogP contribution in [0.5, 0.6) is 0 Å². The maximum Gasteiger partial charge on any atom is 0.246 e. The molecule has 1 N–H and O–H groups in total. The highest BCUT2D eigenvalue weighted by Crippen LogP contribution is 2.20. The van der Waals surface area contributed by atoms with Gasteiger partial charge in [-0.15, -0.1) is 0 Å². The van der Waals surface area contributed by atoms with E-state index in [1.165, 1.54) is 5.56 Å². The van der Waals surface area contributed by atoms with Crippen molar-refractivity contribution in [1.29, 1.82) is 0 Å². The molecule has 2 amide bonds. The molecule has 1 saturated heterocycles. The molecular formula is C17H24N2O2. The van der Waals surface area contributed by atoms with E-state index in [4.69, 9.17) is 0 Å². The van der Waals surface area contributed by atoms with Crippen molar-refractivity contribution in [3.8, 4) is 0 Å². The molecule has 0 aromatic heterocycles. The SMILES string of the molecule is CCC1C(=O)NC(C(C)C)C(=O)N1Cc1ccc(C)cc1. The van der Waals surface area contributed by atoms with Crippen molar-refractivity contribution in [2.75, 3.05) is 0 Å². The second kappa shape index (κ2) is 6.29. The fraction of sp³-hybridized carbons (Fsp3) is 0.529. The highest BCUT2D eigenvalue weighted by atomic mass is 16.2. The van der Waals surface area contributed by atoms with Gasteiger partial charge in [0.1, 0.15) is 12.1 Å². The molecule has 2 rings (SSSR count). The molecule has 4 heteroatoms. The second-order valence-corrected chi connectivity index (χ2v) is 6.11. The molecule has 4 nitrogen and oxygen atoms in total. The quantitative estimate of drug-likeness (QED) is 0.924. The molecular weight excluding hydrogens is 264 g/mol. The molecule has 1 fully saturated rings. The maximum atomic E-state index is 12.7. The zero-order chi connectivity index (χ0) is 15.6. The van der Waals surface area contributed by atoms with Gasteiger partial charge < -0.3 is 10.2 Å². The molecule has 0 bridgehead atoms. The van der Waals surface area contributed by atoms with Gasteiger partial charge in [-0.2, -0.15) is 0 Å². The minimum atomic E-state index is -0.411. The van der Waals surface area contributed by atoms with Crippen molar-refractivity contribution in [2.45, 2.75) is 52.7 Å². The van der Waals surface area contributed by atoms with E-state index in [9.17, 15) is 9.59 Å². The van der Waals surface area contributed by atoms with Crippen molar-refractivity contribution in [3.05, 3.63) is 35.4 Å². The predicted octanol–water partition coefficient (Wildman–Crippen LogP) is 2.26. The van der Waals surface area contributed by atoms with Crippen LogP contribution in [0.1, 0.15) is 38.3 Å². The lowest BCUT2D eigenvalue weighted by atomic mass is 9.96. The number of rotatable bonds is 4. The summed E-state index contributed by atoms with van der Waals surface area (Å²) in [6.07, 6.45) is 0.633. The summed E-state index contributed by atoms with van der Waals surface area (Å²) in [5, 5.41) is 2.86. The van der Waals surface area contributed by atoms with E-state index in [1.54, 1.807) is 4.90 Å². The van der Waals surface area contributed by atoms with Crippen molar-refractivity contribution in [2.24, 2.45) is 5.92 Å². The molecule has 2 atom stereocenters. The fourth-order valence-electron chi connectivity index (χ4n) is 2.72. The molecule has 21 heavy (non-hydrogen) atoms. The van der Waals surface area contributed by atoms with E-state index < -0.39 is 6.04 Å². The average Bonchev–Trinajstić information content (AvgIpc) is 2.44. The molecule has 1 aromatic rings. The first-order chi connectivity index (χ1) is 9.93. The first kappa shape index (κ1) is 15.5. The van der Waals surface area contributed by atoms with E-state index in [2.05, 4.69) is 5.32 Å². The molecule has 114 valence electrons. The van der Waals surface area contributed by atoms with E-state index in [0.29, 0.717) is 13.0 Å². The van der Waals surface area contributed by atoms with Gasteiger partial charge in [0, 0.05) is 6.54 Å². The van der Waals surface area contributed by atoms with Crippen LogP contribution >= 0.6 is 0 Å². The molecule has 0 spiro atoms. The minimum absolute atomic E-state index is 0.0250. The Bertz CT molecular complexity index is 522. The number of aryl methyl sites for hydroxylation is 1. The van der Waals surface area contributed by atoms with E-state index in [-0.39, 0.29) is 23.8 Å². The lowest BCUT2D eigenvalue weighted by Crippen LogP contribution is -2.64. The summed E-state index contributed by atoms with van der Waals surface area (Å²) >= 11 is 0. The van der Waals surface area contributed by atoms with Gasteiger partial charge in [-0.3, -0.25) is 9.59 Å². The number of piperazine rings is 1. The minimum Gasteiger partial charge on any atom is -0.342 e. The van der Waals surface area contributed by atoms with Gasteiger partial charge in [-0.1, -0.05) is 50.6 Å². The van der Waals surface area contributed by atoms with Crippen LogP contribution in [0.15, 0.2) is 24.3 Å². The molecule has 1 aliphatic rings. The first-order valence-corrected chi connectivity index (χ1v) is 7.60. The van der Waals surface area contributed by atoms with Gasteiger partial charge >= 0.3 is 0 Å². The Kier molecular flexibility index (Phi) is 4.66. The zero-order valence-corrected chi connectivity index (χ0v) is 13.2. The third-order valence-electron chi connectivity index (χ3n) is 4.05. The van der Waals surface area contributed by atoms with Crippen molar-refractivity contribution < 1.29 is 9.59 Å². The standard InChI is InChI=1S/C17H24N2O2/c1-5-14-16(20)18-15(11(2)3)17(21)19(14)10-13-8-6-12(4)7-9-13/h6-9,11,14-15H,5,10H2,1-4H3,(H,18,20). The summed E-state index contributed by atoms with van der Waals surface area (Å²) < 4.78 is 0. The topological polar surface area (TPSA) is 49.4 Å². The zero-order valence-electron chi connectivity index (χ0n) is 13.2. The van der Waals surface area contributed by atoms with Crippen LogP contribution in [0.3, 0.4) is 0 Å². The Morgan fingerprint density at radius 3 is 2.33 bits per heavy atom. The number of nitrogens with zero attached hydrogens (tertiary/aromatic N) is 1. The summed E-state index contributed by atoms with van der Waals surface area (Å²) in [5.74, 6) is 0.0831. The Labute approximate surface area is 126 Å². The second-order valence-electron chi connectivity index (χ2n) is 6.11. The largest absolute Gasteiger partial charge is 0.342 e. The number of amides is 2. The van der Waals surface area contributed by atoms with Crippen LogP contribution in [0.4, 0.5) is 0 Å². The molecule has 1 heterocycles. The summed E-state index contributed by atoms with van der Waals surface area (Å²) in [6.45, 7) is 8.38. The van der Waals surface area contributed by atoms with Crippen molar-refractivity contribution >= 4 is 11.8 Å². The Hall–Kier alpha value is -1.84. The number of nitrogens with one attached hydrogen (secondary N) is 1. The fourth-order valence-corrected chi connectivity index (χ4v) is 2.72. The third kappa shape index (κ3) is 3.26.